The molecule has 1 heteroatoms. The van der Waals surface area contributed by atoms with E-state index in [2.05, 4.69) is 170 Å². The largest absolute Gasteiger partial charge is 0.135 e. The van der Waals surface area contributed by atoms with Gasteiger partial charge in [0.25, 0.3) is 0 Å². The topological polar surface area (TPSA) is 0 Å². The van der Waals surface area contributed by atoms with E-state index in [9.17, 15) is 0 Å². The second-order valence-electron chi connectivity index (χ2n) is 11.6. The number of hydrogen-bond acceptors (Lipinski definition) is 1. The van der Waals surface area contributed by atoms with Gasteiger partial charge in [0.1, 0.15) is 0 Å². The van der Waals surface area contributed by atoms with Crippen LogP contribution < -0.4 is 0 Å². The molecule has 0 nitrogen and oxygen atoms in total. The standard InChI is InChI=1S/C44H28S/c1-3-14-29(15-4-1)31-26-27-40-39(28-31)44-38(24-13-25-41(44)45-40)43-36-22-11-9-20-34(36)42(35-21-10-12-23-37(35)43)33-19-8-7-18-32(33)30-16-5-2-6-17-30/h1-28H. The highest BCUT2D eigenvalue weighted by Crippen LogP contribution is 2.49. The van der Waals surface area contributed by atoms with Crippen molar-refractivity contribution in [2.24, 2.45) is 0 Å². The molecule has 0 saturated heterocycles. The van der Waals surface area contributed by atoms with E-state index in [0.717, 1.165) is 0 Å². The third-order valence-electron chi connectivity index (χ3n) is 9.08. The third-order valence-corrected chi connectivity index (χ3v) is 10.2. The van der Waals surface area contributed by atoms with E-state index in [4.69, 9.17) is 0 Å². The summed E-state index contributed by atoms with van der Waals surface area (Å²) >= 11 is 1.88. The van der Waals surface area contributed by atoms with Gasteiger partial charge in [-0.1, -0.05) is 152 Å². The lowest BCUT2D eigenvalue weighted by Crippen LogP contribution is -1.93. The first kappa shape index (κ1) is 25.9. The lowest BCUT2D eigenvalue weighted by Gasteiger charge is -2.20. The Hall–Kier alpha value is -5.50. The second kappa shape index (κ2) is 10.6. The van der Waals surface area contributed by atoms with E-state index in [1.807, 2.05) is 11.3 Å². The monoisotopic (exact) mass is 588 g/mol. The molecule has 0 aliphatic rings. The van der Waals surface area contributed by atoms with Crippen LogP contribution in [0.15, 0.2) is 170 Å². The molecule has 0 radical (unpaired) electrons. The highest BCUT2D eigenvalue weighted by molar-refractivity contribution is 7.26. The molecule has 45 heavy (non-hydrogen) atoms. The normalized spacial score (nSPS) is 11.6. The third kappa shape index (κ3) is 4.20. The highest BCUT2D eigenvalue weighted by Gasteiger charge is 2.21. The quantitative estimate of drug-likeness (QED) is 0.179. The van der Waals surface area contributed by atoms with Gasteiger partial charge in [-0.2, -0.15) is 0 Å². The zero-order valence-electron chi connectivity index (χ0n) is 24.6. The number of rotatable bonds is 4. The summed E-state index contributed by atoms with van der Waals surface area (Å²) in [6, 6.07) is 62.1. The zero-order chi connectivity index (χ0) is 29.7. The lowest BCUT2D eigenvalue weighted by atomic mass is 9.83. The van der Waals surface area contributed by atoms with Crippen LogP contribution >= 0.6 is 11.3 Å². The maximum Gasteiger partial charge on any atom is 0.0361 e. The average molecular weight is 589 g/mol. The summed E-state index contributed by atoms with van der Waals surface area (Å²) < 4.78 is 2.64. The minimum absolute atomic E-state index is 1.23. The predicted octanol–water partition coefficient (Wildman–Crippen LogP) is 13.0. The van der Waals surface area contributed by atoms with E-state index >= 15 is 0 Å². The summed E-state index contributed by atoms with van der Waals surface area (Å²) in [5.74, 6) is 0. The molecule has 1 heterocycles. The molecule has 0 saturated carbocycles. The first-order valence-corrected chi connectivity index (χ1v) is 16.3. The molecular weight excluding hydrogens is 561 g/mol. The second-order valence-corrected chi connectivity index (χ2v) is 12.7. The van der Waals surface area contributed by atoms with Gasteiger partial charge in [0.2, 0.25) is 0 Å². The minimum atomic E-state index is 1.23. The fraction of sp³-hybridized carbons (Fsp3) is 0. The van der Waals surface area contributed by atoms with E-state index in [1.54, 1.807) is 0 Å². The van der Waals surface area contributed by atoms with Crippen LogP contribution in [0.3, 0.4) is 0 Å². The van der Waals surface area contributed by atoms with Crippen LogP contribution in [0, 0.1) is 0 Å². The zero-order valence-corrected chi connectivity index (χ0v) is 25.4. The summed E-state index contributed by atoms with van der Waals surface area (Å²) in [6.07, 6.45) is 0. The molecule has 0 unspecified atom stereocenters. The fourth-order valence-electron chi connectivity index (χ4n) is 7.12. The molecule has 0 fully saturated rings. The Morgan fingerprint density at radius 1 is 0.289 bits per heavy atom. The van der Waals surface area contributed by atoms with Gasteiger partial charge in [-0.05, 0) is 84.3 Å². The molecule has 1 aromatic heterocycles. The highest BCUT2D eigenvalue weighted by atomic mass is 32.1. The SMILES string of the molecule is c1ccc(-c2ccc3sc4cccc(-c5c6ccccc6c(-c6ccccc6-c6ccccc6)c6ccccc56)c4c3c2)cc1. The molecule has 0 bridgehead atoms. The van der Waals surface area contributed by atoms with Crippen molar-refractivity contribution < 1.29 is 0 Å². The summed E-state index contributed by atoms with van der Waals surface area (Å²) in [4.78, 5) is 0. The van der Waals surface area contributed by atoms with Crippen molar-refractivity contribution in [1.82, 2.24) is 0 Å². The van der Waals surface area contributed by atoms with Crippen molar-refractivity contribution in [3.05, 3.63) is 170 Å². The van der Waals surface area contributed by atoms with Gasteiger partial charge in [0, 0.05) is 20.2 Å². The van der Waals surface area contributed by atoms with Crippen LogP contribution in [-0.2, 0) is 0 Å². The molecule has 0 spiro atoms. The van der Waals surface area contributed by atoms with Crippen LogP contribution in [0.1, 0.15) is 0 Å². The van der Waals surface area contributed by atoms with Crippen molar-refractivity contribution in [2.75, 3.05) is 0 Å². The Kier molecular flexibility index (Phi) is 6.11. The summed E-state index contributed by atoms with van der Waals surface area (Å²) in [7, 11) is 0. The van der Waals surface area contributed by atoms with Crippen LogP contribution in [0.2, 0.25) is 0 Å². The van der Waals surface area contributed by atoms with Gasteiger partial charge >= 0.3 is 0 Å². The molecule has 9 rings (SSSR count). The molecule has 9 aromatic rings. The molecule has 0 aliphatic carbocycles. The Labute approximate surface area is 266 Å². The Morgan fingerprint density at radius 2 is 0.800 bits per heavy atom. The average Bonchev–Trinajstić information content (AvgIpc) is 3.50. The van der Waals surface area contributed by atoms with Crippen LogP contribution in [0.4, 0.5) is 0 Å². The number of benzene rings is 8. The summed E-state index contributed by atoms with van der Waals surface area (Å²) in [5.41, 5.74) is 10.1. The fourth-order valence-corrected chi connectivity index (χ4v) is 8.24. The van der Waals surface area contributed by atoms with Crippen LogP contribution in [-0.4, -0.2) is 0 Å². The Balaban J connectivity index is 1.39. The Morgan fingerprint density at radius 3 is 1.44 bits per heavy atom. The molecule has 210 valence electrons. The molecule has 8 aromatic carbocycles. The van der Waals surface area contributed by atoms with Crippen molar-refractivity contribution in [3.8, 4) is 44.5 Å². The smallest absolute Gasteiger partial charge is 0.0361 e. The first-order valence-electron chi connectivity index (χ1n) is 15.4. The van der Waals surface area contributed by atoms with E-state index in [0.29, 0.717) is 0 Å². The number of thiophene rings is 1. The molecule has 0 amide bonds. The van der Waals surface area contributed by atoms with Gasteiger partial charge in [0.05, 0.1) is 0 Å². The minimum Gasteiger partial charge on any atom is -0.135 e. The number of fused-ring (bicyclic) bond motifs is 5. The van der Waals surface area contributed by atoms with Gasteiger partial charge in [-0.25, -0.2) is 0 Å². The summed E-state index contributed by atoms with van der Waals surface area (Å²) in [6.45, 7) is 0. The predicted molar refractivity (Wildman–Crippen MR) is 196 cm³/mol. The maximum absolute atomic E-state index is 2.39. The van der Waals surface area contributed by atoms with Gasteiger partial charge in [-0.3, -0.25) is 0 Å². The van der Waals surface area contributed by atoms with Gasteiger partial charge in [-0.15, -0.1) is 11.3 Å². The molecule has 0 atom stereocenters. The van der Waals surface area contributed by atoms with Crippen molar-refractivity contribution in [1.29, 1.82) is 0 Å². The Bertz CT molecular complexity index is 2460. The van der Waals surface area contributed by atoms with Crippen molar-refractivity contribution in [2.45, 2.75) is 0 Å². The summed E-state index contributed by atoms with van der Waals surface area (Å²) in [5, 5.41) is 7.76. The lowest BCUT2D eigenvalue weighted by molar-refractivity contribution is 1.61. The van der Waals surface area contributed by atoms with Crippen molar-refractivity contribution in [3.63, 3.8) is 0 Å². The number of hydrogen-bond donors (Lipinski definition) is 0. The van der Waals surface area contributed by atoms with Crippen LogP contribution in [0.5, 0.6) is 0 Å². The maximum atomic E-state index is 2.39. The van der Waals surface area contributed by atoms with Gasteiger partial charge in [0.15, 0.2) is 0 Å². The molecular formula is C44H28S. The van der Waals surface area contributed by atoms with E-state index < -0.39 is 0 Å². The van der Waals surface area contributed by atoms with E-state index in [1.165, 1.54) is 86.2 Å². The molecule has 0 aliphatic heterocycles. The first-order chi connectivity index (χ1) is 22.3. The van der Waals surface area contributed by atoms with Gasteiger partial charge < -0.3 is 0 Å². The van der Waals surface area contributed by atoms with Crippen LogP contribution in [0.25, 0.3) is 86.2 Å². The molecule has 0 N–H and O–H groups in total. The van der Waals surface area contributed by atoms with Crippen molar-refractivity contribution >= 4 is 53.1 Å². The van der Waals surface area contributed by atoms with E-state index in [-0.39, 0.29) is 0 Å².